The molecule has 2 aromatic rings. The van der Waals surface area contributed by atoms with Gasteiger partial charge in [0.25, 0.3) is 0 Å². The first-order valence-corrected chi connectivity index (χ1v) is 11.6. The fourth-order valence-corrected chi connectivity index (χ4v) is 5.89. The van der Waals surface area contributed by atoms with Gasteiger partial charge < -0.3 is 14.2 Å². The van der Waals surface area contributed by atoms with Crippen LogP contribution >= 0.6 is 0 Å². The molecule has 7 nitrogen and oxygen atoms in total. The van der Waals surface area contributed by atoms with Crippen LogP contribution in [0.5, 0.6) is 17.2 Å². The Balaban J connectivity index is 1.43. The van der Waals surface area contributed by atoms with Crippen LogP contribution in [-0.4, -0.2) is 50.5 Å². The third kappa shape index (κ3) is 3.36. The molecule has 2 aromatic carbocycles. The maximum absolute atomic E-state index is 12.9. The highest BCUT2D eigenvalue weighted by molar-refractivity contribution is 7.91. The maximum Gasteiger partial charge on any atom is 0.231 e. The third-order valence-corrected chi connectivity index (χ3v) is 7.53. The van der Waals surface area contributed by atoms with E-state index >= 15 is 0 Å². The molecule has 156 valence electrons. The number of Topliss-reactive ketones (excluding diaryl/α,β-unsaturated/α-hetero) is 1. The predicted octanol–water partition coefficient (Wildman–Crippen LogP) is 2.65. The Bertz CT molecular complexity index is 1150. The molecule has 30 heavy (non-hydrogen) atoms. The number of hydrogen-bond acceptors (Lipinski definition) is 7. The van der Waals surface area contributed by atoms with Crippen molar-refractivity contribution < 1.29 is 27.4 Å². The summed E-state index contributed by atoms with van der Waals surface area (Å²) in [5.41, 5.74) is 2.11. The van der Waals surface area contributed by atoms with E-state index in [1.165, 1.54) is 0 Å². The van der Waals surface area contributed by atoms with Crippen molar-refractivity contribution in [3.05, 3.63) is 58.8 Å². The number of nitrogens with zero attached hydrogens (tertiary/aromatic N) is 1. The molecule has 0 unspecified atom stereocenters. The Morgan fingerprint density at radius 3 is 2.67 bits per heavy atom. The Kier molecular flexibility index (Phi) is 4.56. The molecule has 0 aliphatic carbocycles. The number of sulfone groups is 1. The second kappa shape index (κ2) is 7.14. The molecule has 0 spiro atoms. The summed E-state index contributed by atoms with van der Waals surface area (Å²) in [5.74, 6) is 2.33. The van der Waals surface area contributed by atoms with Gasteiger partial charge in [0, 0.05) is 12.6 Å². The van der Waals surface area contributed by atoms with Gasteiger partial charge in [-0.3, -0.25) is 9.69 Å². The van der Waals surface area contributed by atoms with E-state index in [0.29, 0.717) is 36.8 Å². The van der Waals surface area contributed by atoms with Crippen LogP contribution < -0.4 is 14.2 Å². The molecule has 0 amide bonds. The number of carbonyl (C=O) groups excluding carboxylic acids is 1. The Morgan fingerprint density at radius 2 is 1.97 bits per heavy atom. The van der Waals surface area contributed by atoms with Crippen molar-refractivity contribution in [2.45, 2.75) is 19.0 Å². The highest BCUT2D eigenvalue weighted by Crippen LogP contribution is 2.42. The number of methoxy groups -OCH3 is 1. The molecule has 1 saturated heterocycles. The second-order valence-corrected chi connectivity index (χ2v) is 9.94. The minimum atomic E-state index is -2.99. The summed E-state index contributed by atoms with van der Waals surface area (Å²) in [6.07, 6.45) is 2.30. The summed E-state index contributed by atoms with van der Waals surface area (Å²) in [6, 6.07) is 10.8. The van der Waals surface area contributed by atoms with Crippen LogP contribution in [0.1, 0.15) is 27.9 Å². The smallest absolute Gasteiger partial charge is 0.231 e. The maximum atomic E-state index is 12.9. The number of carbonyl (C=O) groups is 1. The fraction of sp³-hybridized carbons (Fsp3) is 0.318. The average molecular weight is 427 g/mol. The summed E-state index contributed by atoms with van der Waals surface area (Å²) in [4.78, 5) is 14.9. The molecule has 1 fully saturated rings. The minimum absolute atomic E-state index is 0.0783. The van der Waals surface area contributed by atoms with Crippen LogP contribution in [0.4, 0.5) is 0 Å². The zero-order chi connectivity index (χ0) is 20.9. The topological polar surface area (TPSA) is 82.1 Å². The molecule has 3 heterocycles. The van der Waals surface area contributed by atoms with Crippen LogP contribution in [0, 0.1) is 0 Å². The fourth-order valence-electron chi connectivity index (χ4n) is 4.12. The second-order valence-electron chi connectivity index (χ2n) is 7.71. The first-order chi connectivity index (χ1) is 14.4. The molecule has 8 heteroatoms. The van der Waals surface area contributed by atoms with E-state index in [0.717, 1.165) is 16.9 Å². The zero-order valence-electron chi connectivity index (χ0n) is 16.5. The number of benzene rings is 2. The van der Waals surface area contributed by atoms with Crippen LogP contribution in [0.25, 0.3) is 6.08 Å². The van der Waals surface area contributed by atoms with Gasteiger partial charge in [0.1, 0.15) is 24.0 Å². The van der Waals surface area contributed by atoms with Gasteiger partial charge in [-0.25, -0.2) is 8.42 Å². The Morgan fingerprint density at radius 1 is 1.17 bits per heavy atom. The molecule has 3 aliphatic rings. The molecule has 1 atom stereocenters. The van der Waals surface area contributed by atoms with E-state index < -0.39 is 9.84 Å². The van der Waals surface area contributed by atoms with Crippen molar-refractivity contribution in [2.24, 2.45) is 0 Å². The highest BCUT2D eigenvalue weighted by atomic mass is 32.2. The molecule has 0 N–H and O–H groups in total. The van der Waals surface area contributed by atoms with E-state index in [1.807, 2.05) is 29.2 Å². The normalized spacial score (nSPS) is 23.6. The summed E-state index contributed by atoms with van der Waals surface area (Å²) >= 11 is 0. The largest absolute Gasteiger partial charge is 0.497 e. The number of allylic oxidation sites excluding steroid dienone is 1. The number of ether oxygens (including phenoxy) is 3. The van der Waals surface area contributed by atoms with E-state index in [-0.39, 0.29) is 29.1 Å². The van der Waals surface area contributed by atoms with Gasteiger partial charge in [-0.1, -0.05) is 12.1 Å². The number of ketones is 1. The quantitative estimate of drug-likeness (QED) is 0.697. The van der Waals surface area contributed by atoms with E-state index in [2.05, 4.69) is 0 Å². The SMILES string of the molecule is COc1ccc(C=C2Oc3c(ccc4c3CN([C@@H]3CCS(=O)(=O)C3)CO4)C2=O)cc1. The molecule has 5 rings (SSSR count). The van der Waals surface area contributed by atoms with Crippen LogP contribution in [0.2, 0.25) is 0 Å². The Labute approximate surface area is 174 Å². The van der Waals surface area contributed by atoms with Crippen LogP contribution in [0.15, 0.2) is 42.2 Å². The number of fused-ring (bicyclic) bond motifs is 3. The van der Waals surface area contributed by atoms with Crippen molar-refractivity contribution in [3.63, 3.8) is 0 Å². The van der Waals surface area contributed by atoms with Crippen LogP contribution in [0.3, 0.4) is 0 Å². The molecule has 0 radical (unpaired) electrons. The van der Waals surface area contributed by atoms with Crippen molar-refractivity contribution in [1.82, 2.24) is 4.90 Å². The number of rotatable bonds is 3. The lowest BCUT2D eigenvalue weighted by Gasteiger charge is -2.33. The van der Waals surface area contributed by atoms with E-state index in [9.17, 15) is 13.2 Å². The minimum Gasteiger partial charge on any atom is -0.497 e. The van der Waals surface area contributed by atoms with Crippen molar-refractivity contribution in [1.29, 1.82) is 0 Å². The van der Waals surface area contributed by atoms with E-state index in [4.69, 9.17) is 14.2 Å². The summed E-state index contributed by atoms with van der Waals surface area (Å²) < 4.78 is 40.7. The molecular weight excluding hydrogens is 406 g/mol. The van der Waals surface area contributed by atoms with Crippen LogP contribution in [-0.2, 0) is 16.4 Å². The van der Waals surface area contributed by atoms with Gasteiger partial charge >= 0.3 is 0 Å². The summed E-state index contributed by atoms with van der Waals surface area (Å²) in [5, 5.41) is 0. The standard InChI is InChI=1S/C22H21NO6S/c1-27-16-4-2-14(3-5-16)10-20-21(24)17-6-7-19-18(22(17)29-20)11-23(13-28-19)15-8-9-30(25,26)12-15/h2-7,10,15H,8-9,11-13H2,1H3/t15-/m1/s1. The molecule has 0 saturated carbocycles. The van der Waals surface area contributed by atoms with Gasteiger partial charge in [-0.2, -0.15) is 0 Å². The first kappa shape index (κ1) is 19.1. The predicted molar refractivity (Wildman–Crippen MR) is 110 cm³/mol. The van der Waals surface area contributed by atoms with Crippen molar-refractivity contribution in [3.8, 4) is 17.2 Å². The molecule has 3 aliphatic heterocycles. The van der Waals surface area contributed by atoms with Gasteiger partial charge in [-0.05, 0) is 42.3 Å². The lowest BCUT2D eigenvalue weighted by atomic mass is 10.0. The molecule has 0 bridgehead atoms. The van der Waals surface area contributed by atoms with Crippen molar-refractivity contribution >= 4 is 21.7 Å². The Hall–Kier alpha value is -2.84. The monoisotopic (exact) mass is 427 g/mol. The zero-order valence-corrected chi connectivity index (χ0v) is 17.3. The molecular formula is C22H21NO6S. The first-order valence-electron chi connectivity index (χ1n) is 9.75. The van der Waals surface area contributed by atoms with E-state index in [1.54, 1.807) is 25.3 Å². The van der Waals surface area contributed by atoms with Crippen molar-refractivity contribution in [2.75, 3.05) is 25.3 Å². The van der Waals surface area contributed by atoms with Gasteiger partial charge in [-0.15, -0.1) is 0 Å². The summed E-state index contributed by atoms with van der Waals surface area (Å²) in [6.45, 7) is 0.816. The van der Waals surface area contributed by atoms with Gasteiger partial charge in [0.05, 0.1) is 29.7 Å². The van der Waals surface area contributed by atoms with Gasteiger partial charge in [0.2, 0.25) is 5.78 Å². The number of hydrogen-bond donors (Lipinski definition) is 0. The summed E-state index contributed by atoms with van der Waals surface area (Å²) in [7, 11) is -1.39. The lowest BCUT2D eigenvalue weighted by Crippen LogP contribution is -2.41. The van der Waals surface area contributed by atoms with Gasteiger partial charge in [0.15, 0.2) is 15.6 Å². The third-order valence-electron chi connectivity index (χ3n) is 5.78. The average Bonchev–Trinajstić information content (AvgIpc) is 3.27. The highest BCUT2D eigenvalue weighted by Gasteiger charge is 2.38. The lowest BCUT2D eigenvalue weighted by molar-refractivity contribution is 0.0634. The molecule has 0 aromatic heterocycles.